The highest BCUT2D eigenvalue weighted by Crippen LogP contribution is 2.27. The summed E-state index contributed by atoms with van der Waals surface area (Å²) >= 11 is 1.52. The Morgan fingerprint density at radius 2 is 1.62 bits per heavy atom. The van der Waals surface area contributed by atoms with Crippen molar-refractivity contribution in [2.24, 2.45) is 0 Å². The molecule has 0 aliphatic carbocycles. The van der Waals surface area contributed by atoms with Crippen LogP contribution in [0.4, 0.5) is 5.69 Å². The normalized spacial score (nSPS) is 15.2. The van der Waals surface area contributed by atoms with Gasteiger partial charge in [-0.1, -0.05) is 48.5 Å². The van der Waals surface area contributed by atoms with Gasteiger partial charge in [0, 0.05) is 49.0 Å². The summed E-state index contributed by atoms with van der Waals surface area (Å²) in [6, 6.07) is 27.9. The van der Waals surface area contributed by atoms with Gasteiger partial charge in [-0.15, -0.1) is 0 Å². The van der Waals surface area contributed by atoms with Gasteiger partial charge in [0.2, 0.25) is 0 Å². The first-order chi connectivity index (χ1) is 16.7. The molecule has 34 heavy (non-hydrogen) atoms. The molecule has 1 unspecified atom stereocenters. The molecular formula is C27H25BN4OS. The second-order valence-electron chi connectivity index (χ2n) is 8.30. The quantitative estimate of drug-likeness (QED) is 0.322. The molecule has 0 bridgehead atoms. The van der Waals surface area contributed by atoms with Gasteiger partial charge < -0.3 is 14.5 Å². The van der Waals surface area contributed by atoms with Crippen LogP contribution in [0.2, 0.25) is 0 Å². The van der Waals surface area contributed by atoms with E-state index in [1.54, 1.807) is 0 Å². The first-order valence-electron chi connectivity index (χ1n) is 11.4. The number of rotatable bonds is 6. The molecular weight excluding hydrogens is 439 g/mol. The maximum absolute atomic E-state index is 13.0. The first-order valence-corrected chi connectivity index (χ1v) is 12.2. The van der Waals surface area contributed by atoms with E-state index >= 15 is 0 Å². The van der Waals surface area contributed by atoms with E-state index in [9.17, 15) is 4.79 Å². The third-order valence-electron chi connectivity index (χ3n) is 6.14. The summed E-state index contributed by atoms with van der Waals surface area (Å²) in [5, 5.41) is 1.11. The van der Waals surface area contributed by atoms with Gasteiger partial charge >= 0.3 is 0 Å². The predicted molar refractivity (Wildman–Crippen MR) is 140 cm³/mol. The number of nitrogens with zero attached hydrogens (tertiary/aromatic N) is 3. The summed E-state index contributed by atoms with van der Waals surface area (Å²) in [4.78, 5) is 22.7. The number of fused-ring (bicyclic) bond motifs is 1. The van der Waals surface area contributed by atoms with Crippen LogP contribution in [0.15, 0.2) is 96.0 Å². The summed E-state index contributed by atoms with van der Waals surface area (Å²) < 4.78 is 3.36. The van der Waals surface area contributed by atoms with Gasteiger partial charge in [0.15, 0.2) is 0 Å². The second-order valence-corrected chi connectivity index (χ2v) is 9.14. The molecule has 1 N–H and O–H groups in total. The van der Waals surface area contributed by atoms with Crippen molar-refractivity contribution in [2.75, 3.05) is 30.9 Å². The number of hydrogen-bond acceptors (Lipinski definition) is 5. The average Bonchev–Trinajstić information content (AvgIpc) is 2.92. The lowest BCUT2D eigenvalue weighted by Crippen LogP contribution is -2.49. The largest absolute Gasteiger partial charge is 0.336 e. The molecule has 4 aromatic rings. The number of carbonyl (C=O) groups excluding carboxylic acids is 1. The van der Waals surface area contributed by atoms with Crippen molar-refractivity contribution in [1.29, 1.82) is 0 Å². The lowest BCUT2D eigenvalue weighted by atomic mass is 9.87. The van der Waals surface area contributed by atoms with Crippen LogP contribution in [0.5, 0.6) is 0 Å². The number of benzene rings is 3. The van der Waals surface area contributed by atoms with E-state index in [1.807, 2.05) is 83.9 Å². The number of carbonyl (C=O) groups is 1. The Morgan fingerprint density at radius 1 is 0.882 bits per heavy atom. The molecule has 5 rings (SSSR count). The topological polar surface area (TPSA) is 48.5 Å². The minimum atomic E-state index is -0.141. The Hall–Kier alpha value is -3.29. The van der Waals surface area contributed by atoms with Crippen LogP contribution >= 0.6 is 11.9 Å². The van der Waals surface area contributed by atoms with Gasteiger partial charge in [-0.3, -0.25) is 9.78 Å². The van der Waals surface area contributed by atoms with E-state index < -0.39 is 0 Å². The molecule has 0 spiro atoms. The van der Waals surface area contributed by atoms with Crippen LogP contribution < -0.4 is 4.72 Å². The fourth-order valence-electron chi connectivity index (χ4n) is 4.20. The van der Waals surface area contributed by atoms with Crippen LogP contribution in [0.25, 0.3) is 10.9 Å². The van der Waals surface area contributed by atoms with Gasteiger partial charge in [-0.05, 0) is 59.9 Å². The van der Waals surface area contributed by atoms with Gasteiger partial charge in [-0.2, -0.15) is 0 Å². The zero-order valence-electron chi connectivity index (χ0n) is 18.8. The summed E-state index contributed by atoms with van der Waals surface area (Å²) in [6.07, 6.45) is 1.81. The molecule has 168 valence electrons. The summed E-state index contributed by atoms with van der Waals surface area (Å²) in [5.41, 5.74) is 3.71. The third kappa shape index (κ3) is 4.96. The molecule has 1 aliphatic rings. The smallest absolute Gasteiger partial charge is 0.253 e. The number of pyridine rings is 1. The van der Waals surface area contributed by atoms with E-state index in [0.717, 1.165) is 40.1 Å². The van der Waals surface area contributed by atoms with Gasteiger partial charge in [0.1, 0.15) is 0 Å². The van der Waals surface area contributed by atoms with E-state index in [0.29, 0.717) is 18.7 Å². The van der Waals surface area contributed by atoms with E-state index in [-0.39, 0.29) is 11.8 Å². The Morgan fingerprint density at radius 3 is 2.38 bits per heavy atom. The predicted octanol–water partition coefficient (Wildman–Crippen LogP) is 4.98. The lowest BCUT2D eigenvalue weighted by molar-refractivity contribution is 0.0619. The van der Waals surface area contributed by atoms with Crippen LogP contribution in [0, 0.1) is 0 Å². The zero-order chi connectivity index (χ0) is 23.3. The standard InChI is InChI=1S/C27H25BN4OS/c28-26(21-6-2-1-3-7-21)31-16-18-32(19-17-31)27(33)22-11-13-23(14-12-22)30-34-24-10-4-8-20-9-5-15-29-25(20)24/h1-15,26,30H,16-19H2. The van der Waals surface area contributed by atoms with Crippen LogP contribution in [0.1, 0.15) is 21.9 Å². The molecule has 0 saturated carbocycles. The average molecular weight is 464 g/mol. The number of nitrogens with one attached hydrogen (secondary N) is 1. The van der Waals surface area contributed by atoms with Crippen molar-refractivity contribution in [3.8, 4) is 0 Å². The highest BCUT2D eigenvalue weighted by molar-refractivity contribution is 8.00. The van der Waals surface area contributed by atoms with Gasteiger partial charge in [0.25, 0.3) is 5.91 Å². The fourth-order valence-corrected chi connectivity index (χ4v) is 4.98. The van der Waals surface area contributed by atoms with Gasteiger partial charge in [-0.25, -0.2) is 0 Å². The number of para-hydroxylation sites is 1. The molecule has 2 radical (unpaired) electrons. The molecule has 1 aromatic heterocycles. The van der Waals surface area contributed by atoms with Crippen LogP contribution in [-0.2, 0) is 0 Å². The molecule has 5 nitrogen and oxygen atoms in total. The maximum atomic E-state index is 13.0. The van der Waals surface area contributed by atoms with E-state index in [4.69, 9.17) is 7.85 Å². The Kier molecular flexibility index (Phi) is 6.83. The Bertz CT molecular complexity index is 1260. The van der Waals surface area contributed by atoms with Crippen molar-refractivity contribution in [1.82, 2.24) is 14.8 Å². The molecule has 1 aliphatic heterocycles. The van der Waals surface area contributed by atoms with Crippen molar-refractivity contribution in [2.45, 2.75) is 10.8 Å². The summed E-state index contributed by atoms with van der Waals surface area (Å²) in [5.74, 6) is -0.0800. The lowest BCUT2D eigenvalue weighted by Gasteiger charge is -2.38. The highest BCUT2D eigenvalue weighted by Gasteiger charge is 2.25. The van der Waals surface area contributed by atoms with Crippen LogP contribution in [0.3, 0.4) is 0 Å². The van der Waals surface area contributed by atoms with Crippen molar-refractivity contribution in [3.05, 3.63) is 102 Å². The highest BCUT2D eigenvalue weighted by atomic mass is 32.2. The first kappa shape index (κ1) is 22.5. The van der Waals surface area contributed by atoms with Crippen molar-refractivity contribution >= 4 is 42.3 Å². The third-order valence-corrected chi connectivity index (χ3v) is 7.03. The van der Waals surface area contributed by atoms with Crippen molar-refractivity contribution in [3.63, 3.8) is 0 Å². The van der Waals surface area contributed by atoms with Gasteiger partial charge in [0.05, 0.1) is 18.3 Å². The SMILES string of the molecule is [B]C(c1ccccc1)N1CCN(C(=O)c2ccc(NSc3cccc4cccnc34)cc2)CC1. The number of anilines is 1. The molecule has 1 fully saturated rings. The number of amides is 1. The molecule has 3 aromatic carbocycles. The summed E-state index contributed by atoms with van der Waals surface area (Å²) in [7, 11) is 6.43. The van der Waals surface area contributed by atoms with E-state index in [2.05, 4.69) is 26.7 Å². The zero-order valence-corrected chi connectivity index (χ0v) is 19.6. The Labute approximate surface area is 205 Å². The second kappa shape index (κ2) is 10.3. The minimum absolute atomic E-state index is 0.0605. The molecule has 7 heteroatoms. The number of aromatic nitrogens is 1. The molecule has 1 atom stereocenters. The maximum Gasteiger partial charge on any atom is 0.253 e. The van der Waals surface area contributed by atoms with Crippen LogP contribution in [-0.4, -0.2) is 54.7 Å². The Balaban J connectivity index is 1.17. The molecule has 1 amide bonds. The number of piperazine rings is 1. The number of hydrogen-bond donors (Lipinski definition) is 1. The fraction of sp³-hybridized carbons (Fsp3) is 0.185. The summed E-state index contributed by atoms with van der Waals surface area (Å²) in [6.45, 7) is 2.86. The minimum Gasteiger partial charge on any atom is -0.336 e. The molecule has 2 heterocycles. The van der Waals surface area contributed by atoms with Crippen molar-refractivity contribution < 1.29 is 4.79 Å². The monoisotopic (exact) mass is 464 g/mol. The van der Waals surface area contributed by atoms with E-state index in [1.165, 1.54) is 11.9 Å². The molecule has 1 saturated heterocycles.